The van der Waals surface area contributed by atoms with Gasteiger partial charge in [0.05, 0.1) is 0 Å². The largest absolute Gasteiger partial charge is 0.249 e. The van der Waals surface area contributed by atoms with Gasteiger partial charge in [0, 0.05) is 21.1 Å². The van der Waals surface area contributed by atoms with Gasteiger partial charge in [-0.3, -0.25) is 0 Å². The standard InChI is InChI=1S/C9H5Br2NS/c10-6-3-4-12-9(11)8(6)7-2-1-5-13-7/h1-5H. The molecule has 0 aliphatic carbocycles. The van der Waals surface area contributed by atoms with Crippen molar-refractivity contribution in [2.24, 2.45) is 0 Å². The van der Waals surface area contributed by atoms with Crippen molar-refractivity contribution >= 4 is 43.2 Å². The highest BCUT2D eigenvalue weighted by Gasteiger charge is 2.08. The molecule has 0 amide bonds. The van der Waals surface area contributed by atoms with E-state index in [1.54, 1.807) is 17.5 Å². The van der Waals surface area contributed by atoms with Crippen molar-refractivity contribution in [3.8, 4) is 10.4 Å². The van der Waals surface area contributed by atoms with Crippen LogP contribution in [0.2, 0.25) is 0 Å². The van der Waals surface area contributed by atoms with E-state index < -0.39 is 0 Å². The number of hydrogen-bond donors (Lipinski definition) is 0. The third-order valence-electron chi connectivity index (χ3n) is 1.62. The van der Waals surface area contributed by atoms with Crippen molar-refractivity contribution in [3.63, 3.8) is 0 Å². The summed E-state index contributed by atoms with van der Waals surface area (Å²) in [5.74, 6) is 0. The zero-order valence-corrected chi connectivity index (χ0v) is 10.5. The minimum atomic E-state index is 0.879. The minimum Gasteiger partial charge on any atom is -0.249 e. The Morgan fingerprint density at radius 2 is 2.08 bits per heavy atom. The summed E-state index contributed by atoms with van der Waals surface area (Å²) in [7, 11) is 0. The van der Waals surface area contributed by atoms with Crippen molar-refractivity contribution in [3.05, 3.63) is 38.9 Å². The molecule has 0 aliphatic heterocycles. The molecule has 66 valence electrons. The van der Waals surface area contributed by atoms with Gasteiger partial charge in [0.2, 0.25) is 0 Å². The molecule has 0 aromatic carbocycles. The van der Waals surface area contributed by atoms with Gasteiger partial charge >= 0.3 is 0 Å². The van der Waals surface area contributed by atoms with E-state index in [0.717, 1.165) is 14.6 Å². The fourth-order valence-corrected chi connectivity index (χ4v) is 3.43. The Hall–Kier alpha value is -0.190. The molecule has 0 unspecified atom stereocenters. The Morgan fingerprint density at radius 3 is 2.69 bits per heavy atom. The van der Waals surface area contributed by atoms with Crippen molar-refractivity contribution < 1.29 is 0 Å². The summed E-state index contributed by atoms with van der Waals surface area (Å²) in [6.45, 7) is 0. The van der Waals surface area contributed by atoms with Crippen LogP contribution in [0.1, 0.15) is 0 Å². The summed E-state index contributed by atoms with van der Waals surface area (Å²) >= 11 is 8.64. The molecule has 2 aromatic rings. The summed E-state index contributed by atoms with van der Waals surface area (Å²) in [5.41, 5.74) is 1.12. The van der Waals surface area contributed by atoms with Crippen LogP contribution in [-0.2, 0) is 0 Å². The predicted octanol–water partition coefficient (Wildman–Crippen LogP) is 4.34. The molecule has 0 saturated carbocycles. The number of pyridine rings is 1. The molecule has 2 heterocycles. The molecule has 0 atom stereocenters. The molecule has 0 fully saturated rings. The first-order valence-electron chi connectivity index (χ1n) is 3.63. The van der Waals surface area contributed by atoms with Crippen molar-refractivity contribution in [1.82, 2.24) is 4.98 Å². The van der Waals surface area contributed by atoms with Crippen LogP contribution in [0.5, 0.6) is 0 Å². The second-order valence-electron chi connectivity index (χ2n) is 2.44. The average molecular weight is 319 g/mol. The van der Waals surface area contributed by atoms with Gasteiger partial charge in [0.15, 0.2) is 0 Å². The first kappa shape index (κ1) is 9.37. The molecular weight excluding hydrogens is 314 g/mol. The molecule has 0 radical (unpaired) electrons. The highest BCUT2D eigenvalue weighted by molar-refractivity contribution is 9.11. The molecular formula is C9H5Br2NS. The van der Waals surface area contributed by atoms with Gasteiger partial charge in [0.1, 0.15) is 4.60 Å². The van der Waals surface area contributed by atoms with E-state index in [4.69, 9.17) is 0 Å². The predicted molar refractivity (Wildman–Crippen MR) is 63.0 cm³/mol. The number of hydrogen-bond acceptors (Lipinski definition) is 2. The van der Waals surface area contributed by atoms with Crippen LogP contribution < -0.4 is 0 Å². The smallest absolute Gasteiger partial charge is 0.115 e. The molecule has 0 N–H and O–H groups in total. The summed E-state index contributed by atoms with van der Waals surface area (Å²) in [6, 6.07) is 6.06. The third kappa shape index (κ3) is 1.85. The second-order valence-corrected chi connectivity index (χ2v) is 4.99. The number of rotatable bonds is 1. The van der Waals surface area contributed by atoms with E-state index in [0.29, 0.717) is 0 Å². The monoisotopic (exact) mass is 317 g/mol. The average Bonchev–Trinajstić information content (AvgIpc) is 2.57. The minimum absolute atomic E-state index is 0.879. The summed E-state index contributed by atoms with van der Waals surface area (Å²) in [6.07, 6.45) is 1.77. The molecule has 0 aliphatic rings. The Morgan fingerprint density at radius 1 is 1.23 bits per heavy atom. The molecule has 0 saturated heterocycles. The number of thiophene rings is 1. The maximum absolute atomic E-state index is 4.19. The van der Waals surface area contributed by atoms with Crippen LogP contribution in [0, 0.1) is 0 Å². The van der Waals surface area contributed by atoms with Crippen molar-refractivity contribution in [2.75, 3.05) is 0 Å². The van der Waals surface area contributed by atoms with Crippen molar-refractivity contribution in [2.45, 2.75) is 0 Å². The molecule has 0 bridgehead atoms. The van der Waals surface area contributed by atoms with E-state index in [2.05, 4.69) is 48.3 Å². The fourth-order valence-electron chi connectivity index (χ4n) is 1.05. The molecule has 13 heavy (non-hydrogen) atoms. The molecule has 2 rings (SSSR count). The Kier molecular flexibility index (Phi) is 2.81. The number of aromatic nitrogens is 1. The lowest BCUT2D eigenvalue weighted by Crippen LogP contribution is -1.81. The van der Waals surface area contributed by atoms with E-state index >= 15 is 0 Å². The van der Waals surface area contributed by atoms with E-state index in [1.165, 1.54) is 4.88 Å². The Labute approximate surface area is 97.1 Å². The zero-order valence-electron chi connectivity index (χ0n) is 6.50. The first-order chi connectivity index (χ1) is 6.29. The fraction of sp³-hybridized carbons (Fsp3) is 0. The lowest BCUT2D eigenvalue weighted by atomic mass is 10.2. The van der Waals surface area contributed by atoms with Crippen LogP contribution in [0.15, 0.2) is 38.9 Å². The van der Waals surface area contributed by atoms with Crippen molar-refractivity contribution in [1.29, 1.82) is 0 Å². The van der Waals surface area contributed by atoms with Gasteiger partial charge in [-0.05, 0) is 49.4 Å². The van der Waals surface area contributed by atoms with E-state index in [1.807, 2.05) is 12.1 Å². The second kappa shape index (κ2) is 3.90. The van der Waals surface area contributed by atoms with Crippen LogP contribution >= 0.6 is 43.2 Å². The molecule has 2 aromatic heterocycles. The summed E-state index contributed by atoms with van der Waals surface area (Å²) in [4.78, 5) is 5.40. The maximum atomic E-state index is 4.19. The highest BCUT2D eigenvalue weighted by Crippen LogP contribution is 2.35. The van der Waals surface area contributed by atoms with Gasteiger partial charge in [-0.1, -0.05) is 6.07 Å². The van der Waals surface area contributed by atoms with Gasteiger partial charge in [-0.2, -0.15) is 0 Å². The van der Waals surface area contributed by atoms with Gasteiger partial charge in [-0.25, -0.2) is 4.98 Å². The van der Waals surface area contributed by atoms with Gasteiger partial charge < -0.3 is 0 Å². The number of nitrogens with zero attached hydrogens (tertiary/aromatic N) is 1. The normalized spacial score (nSPS) is 10.3. The topological polar surface area (TPSA) is 12.9 Å². The van der Waals surface area contributed by atoms with Crippen LogP contribution in [0.4, 0.5) is 0 Å². The highest BCUT2D eigenvalue weighted by atomic mass is 79.9. The zero-order chi connectivity index (χ0) is 9.26. The Balaban J connectivity index is 2.64. The van der Waals surface area contributed by atoms with E-state index in [-0.39, 0.29) is 0 Å². The third-order valence-corrected chi connectivity index (χ3v) is 3.77. The van der Waals surface area contributed by atoms with Crippen LogP contribution in [0.3, 0.4) is 0 Å². The van der Waals surface area contributed by atoms with Crippen LogP contribution in [-0.4, -0.2) is 4.98 Å². The number of halogens is 2. The summed E-state index contributed by atoms with van der Waals surface area (Å²) < 4.78 is 1.95. The lowest BCUT2D eigenvalue weighted by molar-refractivity contribution is 1.27. The maximum Gasteiger partial charge on any atom is 0.115 e. The summed E-state index contributed by atoms with van der Waals surface area (Å²) in [5, 5.41) is 2.06. The lowest BCUT2D eigenvalue weighted by Gasteiger charge is -2.02. The molecule has 4 heteroatoms. The first-order valence-corrected chi connectivity index (χ1v) is 6.09. The SMILES string of the molecule is Brc1ccnc(Br)c1-c1cccs1. The van der Waals surface area contributed by atoms with Crippen LogP contribution in [0.25, 0.3) is 10.4 Å². The molecule has 0 spiro atoms. The van der Waals surface area contributed by atoms with E-state index in [9.17, 15) is 0 Å². The molecule has 1 nitrogen and oxygen atoms in total. The Bertz CT molecular complexity index is 391. The van der Waals surface area contributed by atoms with Gasteiger partial charge in [-0.15, -0.1) is 11.3 Å². The van der Waals surface area contributed by atoms with Gasteiger partial charge in [0.25, 0.3) is 0 Å². The quantitative estimate of drug-likeness (QED) is 0.713.